The molecule has 0 heterocycles. The summed E-state index contributed by atoms with van der Waals surface area (Å²) in [6, 6.07) is -0.655. The van der Waals surface area contributed by atoms with Crippen LogP contribution in [0.5, 0.6) is 0 Å². The van der Waals surface area contributed by atoms with Crippen molar-refractivity contribution in [1.29, 1.82) is 0 Å². The van der Waals surface area contributed by atoms with E-state index in [9.17, 15) is 9.59 Å². The molecule has 0 aliphatic heterocycles. The fourth-order valence-corrected chi connectivity index (χ4v) is 1.99. The molecule has 0 spiro atoms. The molecule has 18 heavy (non-hydrogen) atoms. The Bertz CT molecular complexity index is 302. The molecule has 1 rings (SSSR count). The van der Waals surface area contributed by atoms with Crippen molar-refractivity contribution >= 4 is 11.9 Å². The molecule has 1 atom stereocenters. The van der Waals surface area contributed by atoms with Crippen molar-refractivity contribution in [1.82, 2.24) is 10.6 Å². The van der Waals surface area contributed by atoms with Crippen LogP contribution in [-0.4, -0.2) is 49.8 Å². The zero-order valence-corrected chi connectivity index (χ0v) is 11.0. The normalized spacial score (nSPS) is 17.9. The Morgan fingerprint density at radius 3 is 2.56 bits per heavy atom. The molecule has 0 bridgehead atoms. The summed E-state index contributed by atoms with van der Waals surface area (Å²) in [6.45, 7) is 2.65. The number of carbonyl (C=O) groups is 2. The highest BCUT2D eigenvalue weighted by atomic mass is 16.5. The van der Waals surface area contributed by atoms with Gasteiger partial charge in [-0.1, -0.05) is 0 Å². The molecule has 0 aromatic rings. The highest BCUT2D eigenvalue weighted by Crippen LogP contribution is 2.47. The Morgan fingerprint density at radius 1 is 1.44 bits per heavy atom. The van der Waals surface area contributed by atoms with E-state index in [4.69, 9.17) is 5.11 Å². The molecule has 6 heteroatoms. The summed E-state index contributed by atoms with van der Waals surface area (Å²) < 4.78 is 4.63. The van der Waals surface area contributed by atoms with Gasteiger partial charge < -0.3 is 20.5 Å². The predicted octanol–water partition coefficient (Wildman–Crippen LogP) is -0.584. The lowest BCUT2D eigenvalue weighted by Crippen LogP contribution is -2.48. The van der Waals surface area contributed by atoms with Crippen LogP contribution in [0.2, 0.25) is 0 Å². The third-order valence-electron chi connectivity index (χ3n) is 3.31. The summed E-state index contributed by atoms with van der Waals surface area (Å²) >= 11 is 0. The number of esters is 1. The van der Waals surface area contributed by atoms with Crippen LogP contribution in [0.15, 0.2) is 0 Å². The summed E-state index contributed by atoms with van der Waals surface area (Å²) in [7, 11) is 1.30. The topological polar surface area (TPSA) is 87.7 Å². The molecule has 1 unspecified atom stereocenters. The summed E-state index contributed by atoms with van der Waals surface area (Å²) in [5.74, 6) is -0.714. The van der Waals surface area contributed by atoms with Crippen LogP contribution in [0.25, 0.3) is 0 Å². The van der Waals surface area contributed by atoms with E-state index < -0.39 is 12.0 Å². The van der Waals surface area contributed by atoms with Gasteiger partial charge in [0, 0.05) is 26.6 Å². The van der Waals surface area contributed by atoms with Crippen LogP contribution < -0.4 is 10.6 Å². The molecule has 1 amide bonds. The molecule has 1 saturated carbocycles. The molecule has 0 radical (unpaired) electrons. The molecular formula is C12H22N2O4. The lowest BCUT2D eigenvalue weighted by atomic mass is 10.0. The molecule has 0 saturated heterocycles. The second kappa shape index (κ2) is 6.70. The van der Waals surface area contributed by atoms with Crippen molar-refractivity contribution in [3.63, 3.8) is 0 Å². The molecule has 1 aliphatic rings. The summed E-state index contributed by atoms with van der Waals surface area (Å²) in [6.07, 6.45) is 2.98. The van der Waals surface area contributed by atoms with E-state index in [0.717, 1.165) is 25.8 Å². The average molecular weight is 258 g/mol. The minimum atomic E-state index is -0.655. The van der Waals surface area contributed by atoms with Gasteiger partial charge in [-0.05, 0) is 24.7 Å². The van der Waals surface area contributed by atoms with Crippen LogP contribution in [0, 0.1) is 5.41 Å². The van der Waals surface area contributed by atoms with Crippen LogP contribution >= 0.6 is 0 Å². The van der Waals surface area contributed by atoms with Gasteiger partial charge in [-0.15, -0.1) is 0 Å². The van der Waals surface area contributed by atoms with E-state index in [1.807, 2.05) is 0 Å². The summed E-state index contributed by atoms with van der Waals surface area (Å²) in [5, 5.41) is 14.6. The largest absolute Gasteiger partial charge is 0.467 e. The van der Waals surface area contributed by atoms with Gasteiger partial charge in [-0.3, -0.25) is 4.79 Å². The van der Waals surface area contributed by atoms with Gasteiger partial charge in [0.2, 0.25) is 5.91 Å². The smallest absolute Gasteiger partial charge is 0.329 e. The lowest BCUT2D eigenvalue weighted by Gasteiger charge is -2.19. The number of hydrogen-bond acceptors (Lipinski definition) is 5. The van der Waals surface area contributed by atoms with Crippen molar-refractivity contribution in [3.8, 4) is 0 Å². The molecule has 104 valence electrons. The van der Waals surface area contributed by atoms with E-state index in [-0.39, 0.29) is 17.9 Å². The van der Waals surface area contributed by atoms with Gasteiger partial charge in [0.15, 0.2) is 0 Å². The van der Waals surface area contributed by atoms with Gasteiger partial charge in [0.1, 0.15) is 6.04 Å². The highest BCUT2D eigenvalue weighted by Gasteiger charge is 2.41. The molecule has 6 nitrogen and oxygen atoms in total. The molecule has 0 aromatic heterocycles. The van der Waals surface area contributed by atoms with Crippen molar-refractivity contribution < 1.29 is 19.4 Å². The first-order chi connectivity index (χ1) is 8.53. The maximum atomic E-state index is 11.4. The van der Waals surface area contributed by atoms with Gasteiger partial charge in [-0.25, -0.2) is 4.79 Å². The number of amides is 1. The molecule has 1 aliphatic carbocycles. The zero-order valence-electron chi connectivity index (χ0n) is 11.0. The average Bonchev–Trinajstić information content (AvgIpc) is 3.07. The highest BCUT2D eigenvalue weighted by molar-refractivity contribution is 5.83. The minimum absolute atomic E-state index is 0.186. The predicted molar refractivity (Wildman–Crippen MR) is 65.9 cm³/mol. The summed E-state index contributed by atoms with van der Waals surface area (Å²) in [5.41, 5.74) is 0.186. The third kappa shape index (κ3) is 4.62. The third-order valence-corrected chi connectivity index (χ3v) is 3.31. The van der Waals surface area contributed by atoms with Gasteiger partial charge in [-0.2, -0.15) is 0 Å². The van der Waals surface area contributed by atoms with E-state index in [2.05, 4.69) is 15.4 Å². The fraction of sp³-hybridized carbons (Fsp3) is 0.833. The Hall–Kier alpha value is -1.14. The van der Waals surface area contributed by atoms with Crippen molar-refractivity contribution in [2.75, 3.05) is 26.8 Å². The van der Waals surface area contributed by atoms with E-state index >= 15 is 0 Å². The number of aliphatic hydroxyl groups is 1. The second-order valence-corrected chi connectivity index (χ2v) is 4.88. The molecule has 0 aromatic carbocycles. The Labute approximate surface area is 107 Å². The van der Waals surface area contributed by atoms with Crippen molar-refractivity contribution in [2.45, 2.75) is 32.2 Å². The molecule has 1 fully saturated rings. The van der Waals surface area contributed by atoms with Gasteiger partial charge >= 0.3 is 5.97 Å². The van der Waals surface area contributed by atoms with Crippen molar-refractivity contribution in [3.05, 3.63) is 0 Å². The number of methoxy groups -OCH3 is 1. The number of ether oxygens (including phenoxy) is 1. The molecule has 3 N–H and O–H groups in total. The maximum Gasteiger partial charge on any atom is 0.329 e. The molecular weight excluding hydrogens is 236 g/mol. The Morgan fingerprint density at radius 2 is 2.11 bits per heavy atom. The first-order valence-electron chi connectivity index (χ1n) is 6.19. The number of nitrogens with one attached hydrogen (secondary N) is 2. The SMILES string of the molecule is COC(=O)C(CNCC1(CCO)CC1)NC(C)=O. The monoisotopic (exact) mass is 258 g/mol. The van der Waals surface area contributed by atoms with Crippen LogP contribution in [-0.2, 0) is 14.3 Å². The van der Waals surface area contributed by atoms with Crippen LogP contribution in [0.4, 0.5) is 0 Å². The maximum absolute atomic E-state index is 11.4. The number of aliphatic hydroxyl groups excluding tert-OH is 1. The quantitative estimate of drug-likeness (QED) is 0.507. The van der Waals surface area contributed by atoms with E-state index in [0.29, 0.717) is 6.54 Å². The minimum Gasteiger partial charge on any atom is -0.467 e. The Kier molecular flexibility index (Phi) is 5.55. The Balaban J connectivity index is 2.33. The van der Waals surface area contributed by atoms with Crippen LogP contribution in [0.3, 0.4) is 0 Å². The first kappa shape index (κ1) is 14.9. The van der Waals surface area contributed by atoms with Gasteiger partial charge in [0.25, 0.3) is 0 Å². The van der Waals surface area contributed by atoms with E-state index in [1.54, 1.807) is 0 Å². The fourth-order valence-electron chi connectivity index (χ4n) is 1.99. The number of carbonyl (C=O) groups excluding carboxylic acids is 2. The lowest BCUT2D eigenvalue weighted by molar-refractivity contribution is -0.144. The number of rotatable bonds is 8. The second-order valence-electron chi connectivity index (χ2n) is 4.88. The standard InChI is InChI=1S/C12H22N2O4/c1-9(16)14-10(11(17)18-2)7-13-8-12(3-4-12)5-6-15/h10,13,15H,3-8H2,1-2H3,(H,14,16). The number of hydrogen-bond donors (Lipinski definition) is 3. The van der Waals surface area contributed by atoms with E-state index in [1.165, 1.54) is 14.0 Å². The van der Waals surface area contributed by atoms with Crippen molar-refractivity contribution in [2.24, 2.45) is 5.41 Å². The zero-order chi connectivity index (χ0) is 13.6. The van der Waals surface area contributed by atoms with Gasteiger partial charge in [0.05, 0.1) is 7.11 Å². The van der Waals surface area contributed by atoms with Crippen LogP contribution in [0.1, 0.15) is 26.2 Å². The summed E-state index contributed by atoms with van der Waals surface area (Å²) in [4.78, 5) is 22.4. The first-order valence-corrected chi connectivity index (χ1v) is 6.19.